The topological polar surface area (TPSA) is 101 Å². The summed E-state index contributed by atoms with van der Waals surface area (Å²) in [6.07, 6.45) is 0.0875. The molecule has 0 aliphatic heterocycles. The van der Waals surface area contributed by atoms with E-state index >= 15 is 0 Å². The maximum Gasteiger partial charge on any atom is 0.321 e. The van der Waals surface area contributed by atoms with Gasteiger partial charge >= 0.3 is 11.9 Å². The molecule has 0 amide bonds. The van der Waals surface area contributed by atoms with E-state index in [0.29, 0.717) is 0 Å². The van der Waals surface area contributed by atoms with Crippen LogP contribution in [0.2, 0.25) is 0 Å². The standard InChI is InChI=1S/C15H15NO4/c16-13(15(19)20)12(14(17)18)8-10-6-3-5-9-4-1-2-7-11(9)10/h1-7,12-13H,8,16H2,(H,17,18)(H,19,20)/t12?,13-/m0/s1. The number of aliphatic carboxylic acids is 2. The smallest absolute Gasteiger partial charge is 0.321 e. The first-order chi connectivity index (χ1) is 9.50. The van der Waals surface area contributed by atoms with E-state index in [1.807, 2.05) is 36.4 Å². The largest absolute Gasteiger partial charge is 0.481 e. The summed E-state index contributed by atoms with van der Waals surface area (Å²) in [5, 5.41) is 20.0. The van der Waals surface area contributed by atoms with Crippen molar-refractivity contribution in [1.29, 1.82) is 0 Å². The van der Waals surface area contributed by atoms with Crippen molar-refractivity contribution in [2.75, 3.05) is 0 Å². The Kier molecular flexibility index (Phi) is 4.00. The number of benzene rings is 2. The molecule has 0 aliphatic rings. The van der Waals surface area contributed by atoms with Gasteiger partial charge < -0.3 is 15.9 Å². The summed E-state index contributed by atoms with van der Waals surface area (Å²) in [5.41, 5.74) is 6.26. The Morgan fingerprint density at radius 2 is 1.65 bits per heavy atom. The first-order valence-electron chi connectivity index (χ1n) is 6.18. The summed E-state index contributed by atoms with van der Waals surface area (Å²) in [7, 11) is 0. The Bertz CT molecular complexity index is 648. The minimum Gasteiger partial charge on any atom is -0.481 e. The van der Waals surface area contributed by atoms with Crippen molar-refractivity contribution < 1.29 is 19.8 Å². The van der Waals surface area contributed by atoms with Crippen molar-refractivity contribution in [2.24, 2.45) is 11.7 Å². The number of hydrogen-bond acceptors (Lipinski definition) is 3. The maximum atomic E-state index is 11.2. The van der Waals surface area contributed by atoms with E-state index in [1.54, 1.807) is 6.07 Å². The molecule has 2 aromatic rings. The van der Waals surface area contributed by atoms with Gasteiger partial charge in [0.2, 0.25) is 0 Å². The maximum absolute atomic E-state index is 11.2. The molecular formula is C15H15NO4. The molecule has 1 unspecified atom stereocenters. The van der Waals surface area contributed by atoms with Gasteiger partial charge in [-0.3, -0.25) is 9.59 Å². The van der Waals surface area contributed by atoms with Crippen LogP contribution < -0.4 is 5.73 Å². The molecule has 4 N–H and O–H groups in total. The van der Waals surface area contributed by atoms with E-state index in [1.165, 1.54) is 0 Å². The lowest BCUT2D eigenvalue weighted by Crippen LogP contribution is -2.43. The average molecular weight is 273 g/mol. The first-order valence-corrected chi connectivity index (χ1v) is 6.18. The molecule has 0 bridgehead atoms. The summed E-state index contributed by atoms with van der Waals surface area (Å²) in [6, 6.07) is 11.7. The van der Waals surface area contributed by atoms with Gasteiger partial charge in [-0.1, -0.05) is 42.5 Å². The van der Waals surface area contributed by atoms with Gasteiger partial charge in [-0.25, -0.2) is 0 Å². The Labute approximate surface area is 115 Å². The second-order valence-electron chi connectivity index (χ2n) is 4.65. The highest BCUT2D eigenvalue weighted by Gasteiger charge is 2.31. The van der Waals surface area contributed by atoms with Crippen LogP contribution in [0.5, 0.6) is 0 Å². The Hall–Kier alpha value is -2.40. The van der Waals surface area contributed by atoms with Crippen LogP contribution >= 0.6 is 0 Å². The molecule has 0 saturated heterocycles. The molecule has 0 aromatic heterocycles. The second-order valence-corrected chi connectivity index (χ2v) is 4.65. The quantitative estimate of drug-likeness (QED) is 0.766. The minimum atomic E-state index is -1.42. The van der Waals surface area contributed by atoms with Crippen LogP contribution in [0.4, 0.5) is 0 Å². The van der Waals surface area contributed by atoms with Crippen LogP contribution in [0.25, 0.3) is 10.8 Å². The third-order valence-electron chi connectivity index (χ3n) is 3.36. The van der Waals surface area contributed by atoms with E-state index < -0.39 is 23.9 Å². The van der Waals surface area contributed by atoms with Crippen LogP contribution in [-0.2, 0) is 16.0 Å². The van der Waals surface area contributed by atoms with Crippen molar-refractivity contribution >= 4 is 22.7 Å². The molecule has 2 aromatic carbocycles. The molecule has 0 spiro atoms. The monoisotopic (exact) mass is 273 g/mol. The van der Waals surface area contributed by atoms with E-state index in [2.05, 4.69) is 0 Å². The molecule has 20 heavy (non-hydrogen) atoms. The van der Waals surface area contributed by atoms with Gasteiger partial charge in [0.1, 0.15) is 6.04 Å². The third kappa shape index (κ3) is 2.78. The van der Waals surface area contributed by atoms with Crippen molar-refractivity contribution in [3.63, 3.8) is 0 Å². The van der Waals surface area contributed by atoms with Crippen molar-refractivity contribution in [3.8, 4) is 0 Å². The van der Waals surface area contributed by atoms with Crippen LogP contribution in [0.1, 0.15) is 5.56 Å². The molecule has 0 saturated carbocycles. The summed E-state index contributed by atoms with van der Waals surface area (Å²) in [5.74, 6) is -3.66. The molecule has 5 nitrogen and oxygen atoms in total. The molecule has 104 valence electrons. The highest BCUT2D eigenvalue weighted by atomic mass is 16.4. The summed E-state index contributed by atoms with van der Waals surface area (Å²) >= 11 is 0. The van der Waals surface area contributed by atoms with Gasteiger partial charge in [0.25, 0.3) is 0 Å². The van der Waals surface area contributed by atoms with Gasteiger partial charge in [-0.05, 0) is 22.8 Å². The number of hydrogen-bond donors (Lipinski definition) is 3. The van der Waals surface area contributed by atoms with Gasteiger partial charge in [0.15, 0.2) is 0 Å². The fraction of sp³-hybridized carbons (Fsp3) is 0.200. The number of nitrogens with two attached hydrogens (primary N) is 1. The SMILES string of the molecule is N[C@H](C(=O)O)C(Cc1cccc2ccccc12)C(=O)O. The van der Waals surface area contributed by atoms with Crippen LogP contribution in [0, 0.1) is 5.92 Å². The zero-order valence-electron chi connectivity index (χ0n) is 10.7. The molecule has 0 aliphatic carbocycles. The predicted octanol–water partition coefficient (Wildman–Crippen LogP) is 1.49. The molecule has 0 fully saturated rings. The van der Waals surface area contributed by atoms with Gasteiger partial charge in [0, 0.05) is 0 Å². The van der Waals surface area contributed by atoms with Crippen molar-refractivity contribution in [3.05, 3.63) is 48.0 Å². The van der Waals surface area contributed by atoms with Crippen LogP contribution in [-0.4, -0.2) is 28.2 Å². The fourth-order valence-electron chi connectivity index (χ4n) is 2.25. The van der Waals surface area contributed by atoms with E-state index in [0.717, 1.165) is 16.3 Å². The van der Waals surface area contributed by atoms with Gasteiger partial charge in [-0.2, -0.15) is 0 Å². The third-order valence-corrected chi connectivity index (χ3v) is 3.36. The van der Waals surface area contributed by atoms with Crippen molar-refractivity contribution in [2.45, 2.75) is 12.5 Å². The van der Waals surface area contributed by atoms with Gasteiger partial charge in [-0.15, -0.1) is 0 Å². The van der Waals surface area contributed by atoms with Crippen LogP contribution in [0.3, 0.4) is 0 Å². The zero-order valence-corrected chi connectivity index (χ0v) is 10.7. The lowest BCUT2D eigenvalue weighted by Gasteiger charge is -2.17. The highest BCUT2D eigenvalue weighted by molar-refractivity contribution is 5.87. The summed E-state index contributed by atoms with van der Waals surface area (Å²) < 4.78 is 0. The molecule has 0 radical (unpaired) electrons. The molecular weight excluding hydrogens is 258 g/mol. The number of fused-ring (bicyclic) bond motifs is 1. The molecule has 2 atom stereocenters. The van der Waals surface area contributed by atoms with E-state index in [4.69, 9.17) is 10.8 Å². The number of rotatable bonds is 5. The Balaban J connectivity index is 2.39. The average Bonchev–Trinajstić information content (AvgIpc) is 2.43. The fourth-order valence-corrected chi connectivity index (χ4v) is 2.25. The Morgan fingerprint density at radius 1 is 1.00 bits per heavy atom. The lowest BCUT2D eigenvalue weighted by atomic mass is 9.90. The summed E-state index contributed by atoms with van der Waals surface area (Å²) in [4.78, 5) is 22.2. The van der Waals surface area contributed by atoms with Gasteiger partial charge in [0.05, 0.1) is 5.92 Å². The molecule has 2 rings (SSSR count). The Morgan fingerprint density at radius 3 is 2.30 bits per heavy atom. The van der Waals surface area contributed by atoms with Crippen LogP contribution in [0.15, 0.2) is 42.5 Å². The number of carboxylic acid groups (broad SMARTS) is 2. The minimum absolute atomic E-state index is 0.0875. The van der Waals surface area contributed by atoms with Crippen molar-refractivity contribution in [1.82, 2.24) is 0 Å². The predicted molar refractivity (Wildman–Crippen MR) is 74.4 cm³/mol. The molecule has 5 heteroatoms. The lowest BCUT2D eigenvalue weighted by molar-refractivity contribution is -0.149. The molecule has 0 heterocycles. The number of carbonyl (C=O) groups is 2. The van der Waals surface area contributed by atoms with E-state index in [9.17, 15) is 14.7 Å². The second kappa shape index (κ2) is 5.71. The normalized spacial score (nSPS) is 13.8. The highest BCUT2D eigenvalue weighted by Crippen LogP contribution is 2.22. The summed E-state index contributed by atoms with van der Waals surface area (Å²) in [6.45, 7) is 0. The van der Waals surface area contributed by atoms with E-state index in [-0.39, 0.29) is 6.42 Å². The zero-order chi connectivity index (χ0) is 14.7. The first kappa shape index (κ1) is 14.0. The number of carboxylic acids is 2.